The van der Waals surface area contributed by atoms with Crippen molar-refractivity contribution in [2.24, 2.45) is 11.7 Å². The van der Waals surface area contributed by atoms with Crippen molar-refractivity contribution in [1.82, 2.24) is 9.80 Å². The third-order valence-electron chi connectivity index (χ3n) is 4.70. The molecule has 0 unspecified atom stereocenters. The van der Waals surface area contributed by atoms with Gasteiger partial charge in [-0.25, -0.2) is 0 Å². The summed E-state index contributed by atoms with van der Waals surface area (Å²) in [6.07, 6.45) is 6.22. The van der Waals surface area contributed by atoms with Gasteiger partial charge in [0.2, 0.25) is 5.91 Å². The van der Waals surface area contributed by atoms with Crippen LogP contribution in [0, 0.1) is 5.92 Å². The first-order chi connectivity index (χ1) is 8.58. The molecule has 2 aliphatic rings. The van der Waals surface area contributed by atoms with E-state index in [4.69, 9.17) is 5.73 Å². The number of carbonyl (C=O) groups is 1. The molecule has 0 radical (unpaired) electrons. The molecule has 0 aromatic heterocycles. The molecular formula is C14H27N3O. The maximum atomic E-state index is 12.5. The van der Waals surface area contributed by atoms with Crippen LogP contribution in [0.15, 0.2) is 0 Å². The number of likely N-dealkylation sites (tertiary alicyclic amines) is 1. The Bertz CT molecular complexity index is 279. The zero-order valence-corrected chi connectivity index (χ0v) is 11.8. The lowest BCUT2D eigenvalue weighted by atomic mass is 9.85. The minimum absolute atomic E-state index is 0.231. The van der Waals surface area contributed by atoms with Gasteiger partial charge >= 0.3 is 0 Å². The number of hydrogen-bond donors (Lipinski definition) is 1. The van der Waals surface area contributed by atoms with Crippen LogP contribution in [0.1, 0.15) is 38.5 Å². The van der Waals surface area contributed by atoms with Gasteiger partial charge in [0.1, 0.15) is 0 Å². The number of carbonyl (C=O) groups excluding carboxylic acids is 1. The second-order valence-electron chi connectivity index (χ2n) is 6.10. The predicted molar refractivity (Wildman–Crippen MR) is 73.2 cm³/mol. The molecule has 1 aliphatic heterocycles. The number of rotatable bonds is 2. The highest BCUT2D eigenvalue weighted by molar-refractivity contribution is 5.79. The van der Waals surface area contributed by atoms with Crippen molar-refractivity contribution < 1.29 is 4.79 Å². The van der Waals surface area contributed by atoms with E-state index < -0.39 is 0 Å². The summed E-state index contributed by atoms with van der Waals surface area (Å²) in [6.45, 7) is 2.22. The van der Waals surface area contributed by atoms with Gasteiger partial charge in [0.05, 0.1) is 0 Å². The molecule has 1 heterocycles. The van der Waals surface area contributed by atoms with Gasteiger partial charge in [-0.05, 0) is 58.7 Å². The molecule has 0 aromatic rings. The van der Waals surface area contributed by atoms with E-state index in [9.17, 15) is 4.79 Å². The highest BCUT2D eigenvalue weighted by Crippen LogP contribution is 2.26. The average Bonchev–Trinajstić information content (AvgIpc) is 2.39. The summed E-state index contributed by atoms with van der Waals surface area (Å²) in [5.41, 5.74) is 5.90. The number of hydrogen-bond acceptors (Lipinski definition) is 3. The summed E-state index contributed by atoms with van der Waals surface area (Å²) >= 11 is 0. The Balaban J connectivity index is 1.84. The zero-order valence-electron chi connectivity index (χ0n) is 11.8. The standard InChI is InChI=1S/C14H27N3O/c1-16-9-7-13(8-10-16)17(2)14(18)11-3-5-12(15)6-4-11/h11-13H,3-10,15H2,1-2H3. The molecular weight excluding hydrogens is 226 g/mol. The Morgan fingerprint density at radius 2 is 1.67 bits per heavy atom. The molecule has 1 saturated heterocycles. The summed E-state index contributed by atoms with van der Waals surface area (Å²) in [7, 11) is 4.15. The zero-order chi connectivity index (χ0) is 13.1. The third-order valence-corrected chi connectivity index (χ3v) is 4.70. The fourth-order valence-electron chi connectivity index (χ4n) is 3.22. The molecule has 1 aliphatic carbocycles. The van der Waals surface area contributed by atoms with E-state index >= 15 is 0 Å². The molecule has 2 N–H and O–H groups in total. The second-order valence-corrected chi connectivity index (χ2v) is 6.10. The largest absolute Gasteiger partial charge is 0.342 e. The van der Waals surface area contributed by atoms with Gasteiger partial charge in [-0.15, -0.1) is 0 Å². The summed E-state index contributed by atoms with van der Waals surface area (Å²) in [5.74, 6) is 0.589. The highest BCUT2D eigenvalue weighted by Gasteiger charge is 2.30. The molecule has 0 spiro atoms. The number of amides is 1. The van der Waals surface area contributed by atoms with Crippen LogP contribution >= 0.6 is 0 Å². The van der Waals surface area contributed by atoms with Gasteiger partial charge in [-0.1, -0.05) is 0 Å². The lowest BCUT2D eigenvalue weighted by Crippen LogP contribution is -2.47. The van der Waals surface area contributed by atoms with E-state index in [-0.39, 0.29) is 5.92 Å². The summed E-state index contributed by atoms with van der Waals surface area (Å²) in [6, 6.07) is 0.770. The van der Waals surface area contributed by atoms with Crippen LogP contribution in [0.2, 0.25) is 0 Å². The minimum atomic E-state index is 0.231. The van der Waals surface area contributed by atoms with Crippen LogP contribution in [0.4, 0.5) is 0 Å². The van der Waals surface area contributed by atoms with Gasteiger partial charge < -0.3 is 15.5 Å². The van der Waals surface area contributed by atoms with E-state index in [1.165, 1.54) is 0 Å². The smallest absolute Gasteiger partial charge is 0.225 e. The molecule has 104 valence electrons. The minimum Gasteiger partial charge on any atom is -0.342 e. The van der Waals surface area contributed by atoms with Crippen LogP contribution in [0.3, 0.4) is 0 Å². The Labute approximate surface area is 110 Å². The SMILES string of the molecule is CN1CCC(N(C)C(=O)C2CCC(N)CC2)CC1. The fourth-order valence-corrected chi connectivity index (χ4v) is 3.22. The molecule has 0 bridgehead atoms. The lowest BCUT2D eigenvalue weighted by Gasteiger charge is -2.37. The summed E-state index contributed by atoms with van der Waals surface area (Å²) in [4.78, 5) is 16.8. The Kier molecular flexibility index (Phi) is 4.62. The van der Waals surface area contributed by atoms with Gasteiger partial charge in [0, 0.05) is 25.0 Å². The monoisotopic (exact) mass is 253 g/mol. The average molecular weight is 253 g/mol. The van der Waals surface area contributed by atoms with Gasteiger partial charge in [-0.3, -0.25) is 4.79 Å². The number of piperidine rings is 1. The van der Waals surface area contributed by atoms with Crippen LogP contribution < -0.4 is 5.73 Å². The van der Waals surface area contributed by atoms with Crippen molar-refractivity contribution >= 4 is 5.91 Å². The van der Waals surface area contributed by atoms with Crippen molar-refractivity contribution in [3.05, 3.63) is 0 Å². The molecule has 2 fully saturated rings. The van der Waals surface area contributed by atoms with Crippen molar-refractivity contribution in [3.63, 3.8) is 0 Å². The van der Waals surface area contributed by atoms with Crippen LogP contribution in [-0.4, -0.2) is 55.0 Å². The van der Waals surface area contributed by atoms with Crippen molar-refractivity contribution in [2.45, 2.75) is 50.6 Å². The second kappa shape index (κ2) is 6.02. The number of nitrogens with two attached hydrogens (primary N) is 1. The Hall–Kier alpha value is -0.610. The molecule has 0 atom stereocenters. The molecule has 0 aromatic carbocycles. The van der Waals surface area contributed by atoms with Gasteiger partial charge in [0.25, 0.3) is 0 Å². The first-order valence-electron chi connectivity index (χ1n) is 7.28. The molecule has 18 heavy (non-hydrogen) atoms. The Morgan fingerprint density at radius 3 is 2.22 bits per heavy atom. The van der Waals surface area contributed by atoms with Crippen LogP contribution in [-0.2, 0) is 4.79 Å². The van der Waals surface area contributed by atoms with Crippen molar-refractivity contribution in [2.75, 3.05) is 27.2 Å². The quantitative estimate of drug-likeness (QED) is 0.800. The van der Waals surface area contributed by atoms with E-state index in [2.05, 4.69) is 11.9 Å². The lowest BCUT2D eigenvalue weighted by molar-refractivity contribution is -0.138. The fraction of sp³-hybridized carbons (Fsp3) is 0.929. The van der Waals surface area contributed by atoms with Crippen molar-refractivity contribution in [1.29, 1.82) is 0 Å². The van der Waals surface area contributed by atoms with Gasteiger partial charge in [-0.2, -0.15) is 0 Å². The normalized spacial score (nSPS) is 31.3. The molecule has 4 heteroatoms. The Morgan fingerprint density at radius 1 is 1.11 bits per heavy atom. The highest BCUT2D eigenvalue weighted by atomic mass is 16.2. The third kappa shape index (κ3) is 3.23. The molecule has 2 rings (SSSR count). The first kappa shape index (κ1) is 13.8. The van der Waals surface area contributed by atoms with Gasteiger partial charge in [0.15, 0.2) is 0 Å². The summed E-state index contributed by atoms with van der Waals surface area (Å²) in [5, 5.41) is 0. The predicted octanol–water partition coefficient (Wildman–Crippen LogP) is 1.06. The topological polar surface area (TPSA) is 49.6 Å². The molecule has 1 saturated carbocycles. The molecule has 1 amide bonds. The molecule has 4 nitrogen and oxygen atoms in total. The maximum absolute atomic E-state index is 12.5. The first-order valence-corrected chi connectivity index (χ1v) is 7.28. The van der Waals surface area contributed by atoms with Crippen molar-refractivity contribution in [3.8, 4) is 0 Å². The van der Waals surface area contributed by atoms with Crippen LogP contribution in [0.25, 0.3) is 0 Å². The number of nitrogens with zero attached hydrogens (tertiary/aromatic N) is 2. The van der Waals surface area contributed by atoms with E-state index in [1.807, 2.05) is 11.9 Å². The summed E-state index contributed by atoms with van der Waals surface area (Å²) < 4.78 is 0. The van der Waals surface area contributed by atoms with E-state index in [0.29, 0.717) is 18.0 Å². The van der Waals surface area contributed by atoms with Crippen LogP contribution in [0.5, 0.6) is 0 Å². The van der Waals surface area contributed by atoms with E-state index in [1.54, 1.807) is 0 Å². The van der Waals surface area contributed by atoms with E-state index in [0.717, 1.165) is 51.6 Å². The maximum Gasteiger partial charge on any atom is 0.225 e.